The van der Waals surface area contributed by atoms with E-state index in [2.05, 4.69) is 39.9 Å². The fourth-order valence-electron chi connectivity index (χ4n) is 1.84. The first-order valence-corrected chi connectivity index (χ1v) is 7.12. The van der Waals surface area contributed by atoms with Gasteiger partial charge >= 0.3 is 0 Å². The monoisotopic (exact) mass is 323 g/mol. The molecule has 0 spiro atoms. The molecule has 0 fully saturated rings. The number of nitrogens with zero attached hydrogens (tertiary/aromatic N) is 2. The van der Waals surface area contributed by atoms with Gasteiger partial charge in [-0.1, -0.05) is 47.1 Å². The van der Waals surface area contributed by atoms with E-state index in [4.69, 9.17) is 10.3 Å². The average molecular weight is 324 g/mol. The van der Waals surface area contributed by atoms with Gasteiger partial charge in [0.15, 0.2) is 0 Å². The molecule has 0 bridgehead atoms. The molecule has 0 amide bonds. The molecule has 0 aliphatic heterocycles. The Morgan fingerprint density at radius 1 is 1.37 bits per heavy atom. The minimum atomic E-state index is -0.199. The zero-order valence-corrected chi connectivity index (χ0v) is 12.9. The maximum absolute atomic E-state index is 6.04. The largest absolute Gasteiger partial charge is 0.337 e. The Morgan fingerprint density at radius 2 is 2.11 bits per heavy atom. The molecule has 2 N–H and O–H groups in total. The van der Waals surface area contributed by atoms with Gasteiger partial charge in [-0.25, -0.2) is 0 Å². The average Bonchev–Trinajstić information content (AvgIpc) is 2.81. The third-order valence-corrected chi connectivity index (χ3v) is 3.77. The Hall–Kier alpha value is -1.20. The second kappa shape index (κ2) is 5.84. The standard InChI is InChI=1S/C14H18BrN3O/c1-8(2)6-12(16)14-17-13(18-19-14)10-5-4-9(3)11(15)7-10/h4-5,7-8,12H,6,16H2,1-3H3/t12-/m1/s1. The van der Waals surface area contributed by atoms with Crippen LogP contribution >= 0.6 is 15.9 Å². The summed E-state index contributed by atoms with van der Waals surface area (Å²) in [5.74, 6) is 1.58. The first-order chi connectivity index (χ1) is 8.97. The summed E-state index contributed by atoms with van der Waals surface area (Å²) < 4.78 is 6.28. The van der Waals surface area contributed by atoms with Gasteiger partial charge in [0.05, 0.1) is 6.04 Å². The van der Waals surface area contributed by atoms with Crippen LogP contribution in [0.15, 0.2) is 27.2 Å². The molecule has 0 aliphatic carbocycles. The van der Waals surface area contributed by atoms with Gasteiger partial charge in [-0.15, -0.1) is 0 Å². The van der Waals surface area contributed by atoms with Gasteiger partial charge in [0.25, 0.3) is 0 Å². The van der Waals surface area contributed by atoms with Crippen molar-refractivity contribution in [3.8, 4) is 11.4 Å². The predicted molar refractivity (Wildman–Crippen MR) is 78.6 cm³/mol. The van der Waals surface area contributed by atoms with Crippen LogP contribution in [0, 0.1) is 12.8 Å². The Morgan fingerprint density at radius 3 is 2.74 bits per heavy atom. The maximum atomic E-state index is 6.04. The van der Waals surface area contributed by atoms with E-state index in [-0.39, 0.29) is 6.04 Å². The summed E-state index contributed by atoms with van der Waals surface area (Å²) in [6.45, 7) is 6.27. The van der Waals surface area contributed by atoms with Gasteiger partial charge in [0.1, 0.15) is 0 Å². The molecular weight excluding hydrogens is 306 g/mol. The molecule has 4 nitrogen and oxygen atoms in total. The second-order valence-electron chi connectivity index (χ2n) is 5.16. The van der Waals surface area contributed by atoms with Crippen molar-refractivity contribution in [2.24, 2.45) is 11.7 Å². The molecule has 1 aromatic heterocycles. The van der Waals surface area contributed by atoms with Crippen molar-refractivity contribution in [1.29, 1.82) is 0 Å². The SMILES string of the molecule is Cc1ccc(-c2noc([C@H](N)CC(C)C)n2)cc1Br. The van der Waals surface area contributed by atoms with Gasteiger partial charge in [0, 0.05) is 10.0 Å². The van der Waals surface area contributed by atoms with Crippen LogP contribution in [0.5, 0.6) is 0 Å². The van der Waals surface area contributed by atoms with E-state index >= 15 is 0 Å². The van der Waals surface area contributed by atoms with Crippen molar-refractivity contribution in [2.45, 2.75) is 33.2 Å². The number of aryl methyl sites for hydroxylation is 1. The van der Waals surface area contributed by atoms with E-state index in [0.29, 0.717) is 17.6 Å². The van der Waals surface area contributed by atoms with E-state index in [0.717, 1.165) is 16.5 Å². The second-order valence-corrected chi connectivity index (χ2v) is 6.01. The zero-order chi connectivity index (χ0) is 14.0. The normalized spacial score (nSPS) is 12.9. The van der Waals surface area contributed by atoms with Gasteiger partial charge in [-0.05, 0) is 30.9 Å². The van der Waals surface area contributed by atoms with E-state index < -0.39 is 0 Å². The molecule has 2 rings (SSSR count). The summed E-state index contributed by atoms with van der Waals surface area (Å²) in [6, 6.07) is 5.78. The molecule has 0 saturated heterocycles. The molecule has 1 atom stereocenters. The quantitative estimate of drug-likeness (QED) is 0.927. The number of nitrogens with two attached hydrogens (primary N) is 1. The number of halogens is 1. The molecule has 0 radical (unpaired) electrons. The lowest BCUT2D eigenvalue weighted by Crippen LogP contribution is -2.13. The summed E-state index contributed by atoms with van der Waals surface area (Å²) in [6.07, 6.45) is 0.833. The van der Waals surface area contributed by atoms with Crippen LogP contribution in [0.25, 0.3) is 11.4 Å². The van der Waals surface area contributed by atoms with Crippen LogP contribution in [-0.4, -0.2) is 10.1 Å². The zero-order valence-electron chi connectivity index (χ0n) is 11.4. The number of rotatable bonds is 4. The first kappa shape index (κ1) is 14.2. The highest BCUT2D eigenvalue weighted by Crippen LogP contribution is 2.25. The summed E-state index contributed by atoms with van der Waals surface area (Å²) in [7, 11) is 0. The Balaban J connectivity index is 2.22. The highest BCUT2D eigenvalue weighted by Gasteiger charge is 2.17. The first-order valence-electron chi connectivity index (χ1n) is 6.33. The molecule has 2 aromatic rings. The van der Waals surface area contributed by atoms with Crippen molar-refractivity contribution in [3.63, 3.8) is 0 Å². The lowest BCUT2D eigenvalue weighted by atomic mass is 10.0. The Labute approximate surface area is 121 Å². The van der Waals surface area contributed by atoms with Gasteiger partial charge in [-0.2, -0.15) is 4.98 Å². The van der Waals surface area contributed by atoms with Gasteiger partial charge < -0.3 is 10.3 Å². The highest BCUT2D eigenvalue weighted by molar-refractivity contribution is 9.10. The van der Waals surface area contributed by atoms with Crippen molar-refractivity contribution in [1.82, 2.24) is 10.1 Å². The molecule has 102 valence electrons. The highest BCUT2D eigenvalue weighted by atomic mass is 79.9. The number of aromatic nitrogens is 2. The Kier molecular flexibility index (Phi) is 4.37. The maximum Gasteiger partial charge on any atom is 0.243 e. The van der Waals surface area contributed by atoms with E-state index in [1.54, 1.807) is 0 Å². The third kappa shape index (κ3) is 3.42. The predicted octanol–water partition coefficient (Wildman–Crippen LogP) is 3.85. The number of hydrogen-bond acceptors (Lipinski definition) is 4. The summed E-state index contributed by atoms with van der Waals surface area (Å²) in [5.41, 5.74) is 8.13. The Bertz CT molecular complexity index is 566. The summed E-state index contributed by atoms with van der Waals surface area (Å²) in [5, 5.41) is 4.00. The fourth-order valence-corrected chi connectivity index (χ4v) is 2.22. The van der Waals surface area contributed by atoms with Gasteiger partial charge in [-0.3, -0.25) is 0 Å². The topological polar surface area (TPSA) is 64.9 Å². The molecule has 0 unspecified atom stereocenters. The molecule has 19 heavy (non-hydrogen) atoms. The smallest absolute Gasteiger partial charge is 0.243 e. The fraction of sp³-hybridized carbons (Fsp3) is 0.429. The van der Waals surface area contributed by atoms with E-state index in [1.165, 1.54) is 5.56 Å². The minimum absolute atomic E-state index is 0.199. The van der Waals surface area contributed by atoms with Crippen LogP contribution in [0.4, 0.5) is 0 Å². The van der Waals surface area contributed by atoms with Crippen molar-refractivity contribution < 1.29 is 4.52 Å². The van der Waals surface area contributed by atoms with Crippen LogP contribution < -0.4 is 5.73 Å². The lowest BCUT2D eigenvalue weighted by Gasteiger charge is -2.08. The van der Waals surface area contributed by atoms with Crippen molar-refractivity contribution >= 4 is 15.9 Å². The van der Waals surface area contributed by atoms with Crippen LogP contribution in [0.3, 0.4) is 0 Å². The van der Waals surface area contributed by atoms with E-state index in [1.807, 2.05) is 25.1 Å². The minimum Gasteiger partial charge on any atom is -0.337 e. The van der Waals surface area contributed by atoms with Gasteiger partial charge in [0.2, 0.25) is 11.7 Å². The molecule has 5 heteroatoms. The van der Waals surface area contributed by atoms with Crippen molar-refractivity contribution in [2.75, 3.05) is 0 Å². The third-order valence-electron chi connectivity index (χ3n) is 2.91. The molecule has 0 saturated carbocycles. The van der Waals surface area contributed by atoms with Crippen LogP contribution in [0.2, 0.25) is 0 Å². The summed E-state index contributed by atoms with van der Waals surface area (Å²) in [4.78, 5) is 4.38. The number of hydrogen-bond donors (Lipinski definition) is 1. The number of benzene rings is 1. The van der Waals surface area contributed by atoms with Crippen LogP contribution in [0.1, 0.15) is 37.8 Å². The molecule has 1 aromatic carbocycles. The lowest BCUT2D eigenvalue weighted by molar-refractivity contribution is 0.335. The van der Waals surface area contributed by atoms with Crippen molar-refractivity contribution in [3.05, 3.63) is 34.1 Å². The molecular formula is C14H18BrN3O. The molecule has 1 heterocycles. The molecule has 0 aliphatic rings. The van der Waals surface area contributed by atoms with E-state index in [9.17, 15) is 0 Å². The van der Waals surface area contributed by atoms with Crippen LogP contribution in [-0.2, 0) is 0 Å². The summed E-state index contributed by atoms with van der Waals surface area (Å²) >= 11 is 3.50.